The zero-order valence-corrected chi connectivity index (χ0v) is 13.7. The Kier molecular flexibility index (Phi) is 2.98. The first kappa shape index (κ1) is 14.2. The van der Waals surface area contributed by atoms with Crippen LogP contribution in [0.2, 0.25) is 0 Å². The summed E-state index contributed by atoms with van der Waals surface area (Å²) in [5, 5.41) is 0.240. The van der Waals surface area contributed by atoms with Crippen LogP contribution in [0.4, 0.5) is 0 Å². The van der Waals surface area contributed by atoms with E-state index in [4.69, 9.17) is 0 Å². The fraction of sp³-hybridized carbons (Fsp3) is 0.867. The minimum atomic E-state index is 0.240. The molecule has 0 amide bonds. The lowest BCUT2D eigenvalue weighted by molar-refractivity contribution is 0.343. The quantitative estimate of drug-likeness (QED) is 0.410. The van der Waals surface area contributed by atoms with Gasteiger partial charge in [0.25, 0.3) is 0 Å². The van der Waals surface area contributed by atoms with E-state index in [2.05, 4.69) is 71.6 Å². The first-order valence-corrected chi connectivity index (χ1v) is 6.87. The molecule has 0 spiro atoms. The van der Waals surface area contributed by atoms with Gasteiger partial charge in [-0.05, 0) is 27.4 Å². The molecule has 0 aromatic heterocycles. The zero-order chi connectivity index (χ0) is 13.2. The molecule has 0 heterocycles. The summed E-state index contributed by atoms with van der Waals surface area (Å²) >= 11 is 0. The molecule has 0 bridgehead atoms. The highest BCUT2D eigenvalue weighted by molar-refractivity contribution is 7.21. The van der Waals surface area contributed by atoms with E-state index >= 15 is 0 Å². The lowest BCUT2D eigenvalue weighted by Gasteiger charge is -2.36. The Morgan fingerprint density at radius 2 is 0.938 bits per heavy atom. The summed E-state index contributed by atoms with van der Waals surface area (Å²) in [5.41, 5.74) is 4.19. The third-order valence-corrected chi connectivity index (χ3v) is 5.10. The maximum absolute atomic E-state index is 3.15. The van der Waals surface area contributed by atoms with Gasteiger partial charge < -0.3 is 0 Å². The predicted molar refractivity (Wildman–Crippen MR) is 77.8 cm³/mol. The Balaban J connectivity index is 3.26. The van der Waals surface area contributed by atoms with Crippen LogP contribution in [-0.2, 0) is 0 Å². The lowest BCUT2D eigenvalue weighted by atomic mass is 9.77. The van der Waals surface area contributed by atoms with Crippen molar-refractivity contribution in [1.29, 1.82) is 0 Å². The minimum Gasteiger partial charge on any atom is -0.122 e. The Labute approximate surface area is 104 Å². The van der Waals surface area contributed by atoms with E-state index in [1.165, 1.54) is 0 Å². The van der Waals surface area contributed by atoms with Crippen molar-refractivity contribution in [2.45, 2.75) is 67.5 Å². The molecule has 0 nitrogen and oxygen atoms in total. The second-order valence-electron chi connectivity index (χ2n) is 8.31. The summed E-state index contributed by atoms with van der Waals surface area (Å²) in [6.07, 6.45) is 0. The van der Waals surface area contributed by atoms with E-state index in [0.29, 0.717) is 5.41 Å². The van der Waals surface area contributed by atoms with E-state index in [1.54, 1.807) is 11.1 Å². The minimum absolute atomic E-state index is 0.240. The van der Waals surface area contributed by atoms with Crippen molar-refractivity contribution in [2.75, 3.05) is 0 Å². The summed E-state index contributed by atoms with van der Waals surface area (Å²) in [6.45, 7) is 21.1. The molecular weight excluding hydrogens is 211 g/mol. The molecule has 1 aliphatic rings. The molecule has 0 saturated carbocycles. The first-order chi connectivity index (χ1) is 6.74. The van der Waals surface area contributed by atoms with Gasteiger partial charge in [0.15, 0.2) is 0 Å². The van der Waals surface area contributed by atoms with E-state index in [9.17, 15) is 0 Å². The van der Waals surface area contributed by atoms with Crippen LogP contribution in [0.1, 0.15) is 62.3 Å². The van der Waals surface area contributed by atoms with E-state index in [1.807, 2.05) is 0 Å². The van der Waals surface area contributed by atoms with Crippen molar-refractivity contribution in [3.05, 3.63) is 11.1 Å². The summed E-state index contributed by atoms with van der Waals surface area (Å²) < 4.78 is 0. The Hall–Kier alpha value is 0.170. The molecule has 0 radical (unpaired) electrons. The second-order valence-corrected chi connectivity index (χ2v) is 9.17. The van der Waals surface area contributed by atoms with E-state index in [0.717, 1.165) is 0 Å². The number of rotatable bonds is 0. The van der Waals surface area contributed by atoms with E-state index in [-0.39, 0.29) is 16.0 Å². The van der Waals surface area contributed by atoms with Gasteiger partial charge in [0.2, 0.25) is 0 Å². The Morgan fingerprint density at radius 3 is 1.00 bits per heavy atom. The van der Waals surface area contributed by atoms with Crippen molar-refractivity contribution in [3.63, 3.8) is 0 Å². The fourth-order valence-electron chi connectivity index (χ4n) is 2.98. The van der Waals surface area contributed by atoms with Gasteiger partial charge in [0.1, 0.15) is 0 Å². The molecule has 1 heteroatoms. The normalized spacial score (nSPS) is 21.4. The molecular formula is C15H29P. The molecule has 0 aromatic carbocycles. The molecule has 0 aromatic rings. The fourth-order valence-corrected chi connectivity index (χ4v) is 4.06. The van der Waals surface area contributed by atoms with Gasteiger partial charge in [-0.25, -0.2) is 0 Å². The van der Waals surface area contributed by atoms with Gasteiger partial charge in [-0.1, -0.05) is 62.3 Å². The number of allylic oxidation sites excluding steroid dienone is 2. The highest BCUT2D eigenvalue weighted by Gasteiger charge is 2.62. The van der Waals surface area contributed by atoms with Crippen molar-refractivity contribution in [3.8, 4) is 0 Å². The Bertz CT molecular complexity index is 302. The molecule has 0 N–H and O–H groups in total. The molecule has 1 atom stereocenters. The molecule has 1 rings (SSSR count). The number of hydrogen-bond donors (Lipinski definition) is 0. The van der Waals surface area contributed by atoms with Gasteiger partial charge in [-0.3, -0.25) is 0 Å². The van der Waals surface area contributed by atoms with Crippen LogP contribution in [0.5, 0.6) is 0 Å². The summed E-state index contributed by atoms with van der Waals surface area (Å²) in [6, 6.07) is 0. The molecule has 1 aliphatic carbocycles. The average molecular weight is 240 g/mol. The van der Waals surface area contributed by atoms with Crippen molar-refractivity contribution in [1.82, 2.24) is 0 Å². The molecule has 1 unspecified atom stereocenters. The standard InChI is InChI=1S/C15H29P/c1-12(2,3)10-11(13(4,5)6)15(10,16)14(7,8)9/h16H2,1-9H3. The highest BCUT2D eigenvalue weighted by Crippen LogP contribution is 2.70. The van der Waals surface area contributed by atoms with Crippen LogP contribution in [0.3, 0.4) is 0 Å². The lowest BCUT2D eigenvalue weighted by Crippen LogP contribution is -2.31. The van der Waals surface area contributed by atoms with Crippen LogP contribution in [0.15, 0.2) is 11.1 Å². The summed E-state index contributed by atoms with van der Waals surface area (Å²) in [4.78, 5) is 0. The van der Waals surface area contributed by atoms with Crippen molar-refractivity contribution in [2.24, 2.45) is 16.2 Å². The molecule has 0 fully saturated rings. The molecule has 16 heavy (non-hydrogen) atoms. The second kappa shape index (κ2) is 3.35. The third-order valence-electron chi connectivity index (χ3n) is 3.66. The molecule has 94 valence electrons. The summed E-state index contributed by atoms with van der Waals surface area (Å²) in [5.74, 6) is 0. The maximum Gasteiger partial charge on any atom is 0.0328 e. The van der Waals surface area contributed by atoms with Crippen molar-refractivity contribution < 1.29 is 0 Å². The van der Waals surface area contributed by atoms with Gasteiger partial charge in [0, 0.05) is 5.16 Å². The molecule has 0 aliphatic heterocycles. The smallest absolute Gasteiger partial charge is 0.0328 e. The number of hydrogen-bond acceptors (Lipinski definition) is 0. The van der Waals surface area contributed by atoms with Gasteiger partial charge in [-0.15, -0.1) is 9.24 Å². The van der Waals surface area contributed by atoms with Crippen LogP contribution in [0, 0.1) is 16.2 Å². The first-order valence-electron chi connectivity index (χ1n) is 6.29. The summed E-state index contributed by atoms with van der Waals surface area (Å²) in [7, 11) is 3.15. The average Bonchev–Trinajstić information content (AvgIpc) is 2.53. The van der Waals surface area contributed by atoms with Gasteiger partial charge in [-0.2, -0.15) is 0 Å². The van der Waals surface area contributed by atoms with Crippen LogP contribution < -0.4 is 0 Å². The largest absolute Gasteiger partial charge is 0.122 e. The van der Waals surface area contributed by atoms with Crippen molar-refractivity contribution >= 4 is 9.24 Å². The monoisotopic (exact) mass is 240 g/mol. The van der Waals surface area contributed by atoms with Crippen LogP contribution in [0.25, 0.3) is 0 Å². The third kappa shape index (κ3) is 1.99. The zero-order valence-electron chi connectivity index (χ0n) is 12.6. The Morgan fingerprint density at radius 1 is 0.688 bits per heavy atom. The predicted octanol–water partition coefficient (Wildman–Crippen LogP) is 5.05. The highest BCUT2D eigenvalue weighted by atomic mass is 31.0. The van der Waals surface area contributed by atoms with E-state index < -0.39 is 0 Å². The molecule has 0 saturated heterocycles. The topological polar surface area (TPSA) is 0 Å². The van der Waals surface area contributed by atoms with Crippen LogP contribution in [-0.4, -0.2) is 5.16 Å². The maximum atomic E-state index is 3.15. The van der Waals surface area contributed by atoms with Gasteiger partial charge >= 0.3 is 0 Å². The van der Waals surface area contributed by atoms with Gasteiger partial charge in [0.05, 0.1) is 0 Å². The van der Waals surface area contributed by atoms with Crippen LogP contribution >= 0.6 is 9.24 Å². The SMILES string of the molecule is CC(C)(C)C1=C(C(C)(C)C)C1(P)C(C)(C)C.